The Kier molecular flexibility index (Phi) is 7.80. The molecule has 0 radical (unpaired) electrons. The second-order valence-corrected chi connectivity index (χ2v) is 8.87. The van der Waals surface area contributed by atoms with E-state index in [9.17, 15) is 19.2 Å². The van der Waals surface area contributed by atoms with E-state index in [1.54, 1.807) is 11.8 Å². The first kappa shape index (κ1) is 25.1. The van der Waals surface area contributed by atoms with Gasteiger partial charge in [-0.05, 0) is 31.4 Å². The highest BCUT2D eigenvalue weighted by Gasteiger charge is 2.37. The van der Waals surface area contributed by atoms with Crippen molar-refractivity contribution in [1.82, 2.24) is 20.4 Å². The molecule has 2 aromatic rings. The highest BCUT2D eigenvalue weighted by atomic mass is 16.5. The average Bonchev–Trinajstić information content (AvgIpc) is 2.84. The number of nitrogens with one attached hydrogen (secondary N) is 2. The number of esters is 1. The molecule has 0 saturated carbocycles. The molecule has 0 spiro atoms. The largest absolute Gasteiger partial charge is 0.463 e. The SMILES string of the molecule is CCOC(=O)C1=C(CN2CC(=O)N(CCc3ccccc3)C(=O)C2)NC(=O)N[C@H]1c1ccc(C)cc1. The minimum absolute atomic E-state index is 0.00136. The first-order valence-corrected chi connectivity index (χ1v) is 12.0. The Morgan fingerprint density at radius 1 is 1.00 bits per heavy atom. The monoisotopic (exact) mass is 490 g/mol. The molecule has 1 saturated heterocycles. The van der Waals surface area contributed by atoms with Crippen LogP contribution in [0.5, 0.6) is 0 Å². The molecule has 0 bridgehead atoms. The number of carbonyl (C=O) groups excluding carboxylic acids is 4. The molecule has 0 aromatic heterocycles. The van der Waals surface area contributed by atoms with Gasteiger partial charge in [-0.1, -0.05) is 60.2 Å². The number of benzene rings is 2. The van der Waals surface area contributed by atoms with Crippen molar-refractivity contribution >= 4 is 23.8 Å². The Morgan fingerprint density at radius 3 is 2.31 bits per heavy atom. The van der Waals surface area contributed by atoms with Crippen molar-refractivity contribution in [3.05, 3.63) is 82.6 Å². The fourth-order valence-electron chi connectivity index (χ4n) is 4.42. The topological polar surface area (TPSA) is 108 Å². The number of nitrogens with zero attached hydrogens (tertiary/aromatic N) is 2. The summed E-state index contributed by atoms with van der Waals surface area (Å²) in [6.45, 7) is 4.18. The van der Waals surface area contributed by atoms with E-state index < -0.39 is 18.0 Å². The van der Waals surface area contributed by atoms with Gasteiger partial charge in [-0.2, -0.15) is 0 Å². The number of urea groups is 1. The number of piperazine rings is 1. The summed E-state index contributed by atoms with van der Waals surface area (Å²) in [6.07, 6.45) is 0.580. The molecular formula is C27H30N4O5. The normalized spacial score (nSPS) is 18.7. The third-order valence-electron chi connectivity index (χ3n) is 6.23. The van der Waals surface area contributed by atoms with E-state index in [0.717, 1.165) is 16.7 Å². The van der Waals surface area contributed by atoms with Crippen LogP contribution in [-0.2, 0) is 25.5 Å². The van der Waals surface area contributed by atoms with Gasteiger partial charge < -0.3 is 15.4 Å². The number of amides is 4. The minimum atomic E-state index is -0.716. The van der Waals surface area contributed by atoms with Gasteiger partial charge >= 0.3 is 12.0 Å². The molecule has 0 aliphatic carbocycles. The Hall–Kier alpha value is -3.98. The molecule has 9 nitrogen and oxygen atoms in total. The summed E-state index contributed by atoms with van der Waals surface area (Å²) in [6, 6.07) is 16.0. The molecule has 4 rings (SSSR count). The molecule has 9 heteroatoms. The Bertz CT molecular complexity index is 1160. The van der Waals surface area contributed by atoms with Gasteiger partial charge in [0.2, 0.25) is 11.8 Å². The quantitative estimate of drug-likeness (QED) is 0.433. The molecule has 188 valence electrons. The van der Waals surface area contributed by atoms with Gasteiger partial charge in [0.1, 0.15) is 0 Å². The van der Waals surface area contributed by atoms with Crippen LogP contribution in [0, 0.1) is 6.92 Å². The fourth-order valence-corrected chi connectivity index (χ4v) is 4.42. The first-order valence-electron chi connectivity index (χ1n) is 12.0. The highest BCUT2D eigenvalue weighted by molar-refractivity contribution is 5.99. The molecule has 2 aliphatic heterocycles. The van der Waals surface area contributed by atoms with Crippen LogP contribution < -0.4 is 10.6 Å². The average molecular weight is 491 g/mol. The van der Waals surface area contributed by atoms with Crippen molar-refractivity contribution in [2.24, 2.45) is 0 Å². The number of hydrogen-bond donors (Lipinski definition) is 2. The van der Waals surface area contributed by atoms with Gasteiger partial charge in [-0.25, -0.2) is 9.59 Å². The lowest BCUT2D eigenvalue weighted by molar-refractivity contribution is -0.151. The molecule has 36 heavy (non-hydrogen) atoms. The Balaban J connectivity index is 1.53. The summed E-state index contributed by atoms with van der Waals surface area (Å²) in [5.74, 6) is -1.18. The smallest absolute Gasteiger partial charge is 0.338 e. The molecule has 2 heterocycles. The van der Waals surface area contributed by atoms with E-state index in [4.69, 9.17) is 4.74 Å². The molecule has 4 amide bonds. The van der Waals surface area contributed by atoms with Gasteiger partial charge in [0.25, 0.3) is 0 Å². The zero-order valence-corrected chi connectivity index (χ0v) is 20.5. The number of ether oxygens (including phenoxy) is 1. The molecule has 2 aliphatic rings. The lowest BCUT2D eigenvalue weighted by atomic mass is 9.94. The fraction of sp³-hybridized carbons (Fsp3) is 0.333. The molecule has 0 unspecified atom stereocenters. The number of carbonyl (C=O) groups is 4. The summed E-state index contributed by atoms with van der Waals surface area (Å²) >= 11 is 0. The Morgan fingerprint density at radius 2 is 1.67 bits per heavy atom. The molecule has 2 aromatic carbocycles. The number of aryl methyl sites for hydroxylation is 1. The zero-order chi connectivity index (χ0) is 25.7. The molecule has 2 N–H and O–H groups in total. The van der Waals surface area contributed by atoms with Gasteiger partial charge in [0, 0.05) is 18.8 Å². The second-order valence-electron chi connectivity index (χ2n) is 8.87. The van der Waals surface area contributed by atoms with Crippen LogP contribution in [0.3, 0.4) is 0 Å². The summed E-state index contributed by atoms with van der Waals surface area (Å²) in [4.78, 5) is 54.1. The van der Waals surface area contributed by atoms with E-state index in [1.807, 2.05) is 61.5 Å². The number of imide groups is 1. The van der Waals surface area contributed by atoms with Gasteiger partial charge in [0.05, 0.1) is 31.3 Å². The van der Waals surface area contributed by atoms with Gasteiger partial charge in [-0.3, -0.25) is 19.4 Å². The van der Waals surface area contributed by atoms with E-state index in [2.05, 4.69) is 10.6 Å². The van der Waals surface area contributed by atoms with Crippen LogP contribution in [0.25, 0.3) is 0 Å². The third-order valence-corrected chi connectivity index (χ3v) is 6.23. The maximum Gasteiger partial charge on any atom is 0.338 e. The van der Waals surface area contributed by atoms with Crippen molar-refractivity contribution in [2.75, 3.05) is 32.8 Å². The highest BCUT2D eigenvalue weighted by Crippen LogP contribution is 2.28. The standard InChI is InChI=1S/C27H30N4O5/c1-3-36-26(34)24-21(28-27(35)29-25(24)20-11-9-18(2)10-12-20)15-30-16-22(32)31(23(33)17-30)14-13-19-7-5-4-6-8-19/h4-12,25H,3,13-17H2,1-2H3,(H2,28,29,35)/t25-/m0/s1. The molecule has 1 fully saturated rings. The van der Waals surface area contributed by atoms with E-state index >= 15 is 0 Å². The van der Waals surface area contributed by atoms with Crippen molar-refractivity contribution in [2.45, 2.75) is 26.3 Å². The minimum Gasteiger partial charge on any atom is -0.463 e. The zero-order valence-electron chi connectivity index (χ0n) is 20.5. The lowest BCUT2D eigenvalue weighted by Crippen LogP contribution is -2.56. The van der Waals surface area contributed by atoms with Crippen LogP contribution in [0.15, 0.2) is 65.9 Å². The van der Waals surface area contributed by atoms with Crippen molar-refractivity contribution in [3.8, 4) is 0 Å². The van der Waals surface area contributed by atoms with Crippen LogP contribution >= 0.6 is 0 Å². The maximum absolute atomic E-state index is 13.0. The first-order chi connectivity index (χ1) is 17.4. The number of hydrogen-bond acceptors (Lipinski definition) is 6. The van der Waals surface area contributed by atoms with Crippen molar-refractivity contribution < 1.29 is 23.9 Å². The van der Waals surface area contributed by atoms with E-state index in [-0.39, 0.29) is 43.6 Å². The lowest BCUT2D eigenvalue weighted by Gasteiger charge is -2.35. The Labute approximate surface area is 210 Å². The predicted molar refractivity (Wildman–Crippen MR) is 133 cm³/mol. The van der Waals surface area contributed by atoms with Gasteiger partial charge in [-0.15, -0.1) is 0 Å². The third kappa shape index (κ3) is 5.80. The van der Waals surface area contributed by atoms with Gasteiger partial charge in [0.15, 0.2) is 0 Å². The van der Waals surface area contributed by atoms with Crippen LogP contribution in [0.2, 0.25) is 0 Å². The summed E-state index contributed by atoms with van der Waals surface area (Å²) in [5, 5.41) is 5.50. The van der Waals surface area contributed by atoms with Crippen LogP contribution in [0.1, 0.15) is 29.7 Å². The summed E-state index contributed by atoms with van der Waals surface area (Å²) in [7, 11) is 0. The van der Waals surface area contributed by atoms with E-state index in [1.165, 1.54) is 4.90 Å². The van der Waals surface area contributed by atoms with Crippen molar-refractivity contribution in [3.63, 3.8) is 0 Å². The summed E-state index contributed by atoms with van der Waals surface area (Å²) in [5.41, 5.74) is 3.40. The van der Waals surface area contributed by atoms with E-state index in [0.29, 0.717) is 18.7 Å². The maximum atomic E-state index is 13.0. The van der Waals surface area contributed by atoms with Crippen molar-refractivity contribution in [1.29, 1.82) is 0 Å². The molecular weight excluding hydrogens is 460 g/mol. The van der Waals surface area contributed by atoms with Crippen LogP contribution in [-0.4, -0.2) is 66.4 Å². The predicted octanol–water partition coefficient (Wildman–Crippen LogP) is 2.08. The summed E-state index contributed by atoms with van der Waals surface area (Å²) < 4.78 is 5.30. The second kappa shape index (κ2) is 11.2. The van der Waals surface area contributed by atoms with Crippen LogP contribution in [0.4, 0.5) is 4.79 Å². The number of rotatable bonds is 8. The molecule has 1 atom stereocenters.